The minimum atomic E-state index is -0.274. The van der Waals surface area contributed by atoms with Crippen molar-refractivity contribution in [1.82, 2.24) is 15.1 Å². The van der Waals surface area contributed by atoms with Crippen LogP contribution in [0.15, 0.2) is 51.8 Å². The first-order valence-electron chi connectivity index (χ1n) is 8.28. The van der Waals surface area contributed by atoms with Gasteiger partial charge in [-0.1, -0.05) is 17.3 Å². The predicted octanol–water partition coefficient (Wildman–Crippen LogP) is 3.57. The summed E-state index contributed by atoms with van der Waals surface area (Å²) in [6.45, 7) is 1.97. The molecule has 0 bridgehead atoms. The Balaban J connectivity index is 1.79. The average Bonchev–Trinajstić information content (AvgIpc) is 3.16. The second-order valence-corrected chi connectivity index (χ2v) is 6.13. The molecule has 0 aliphatic carbocycles. The van der Waals surface area contributed by atoms with Gasteiger partial charge in [-0.25, -0.2) is 0 Å². The van der Waals surface area contributed by atoms with Gasteiger partial charge in [0.1, 0.15) is 11.5 Å². The first-order valence-corrected chi connectivity index (χ1v) is 8.28. The van der Waals surface area contributed by atoms with Gasteiger partial charge in [-0.3, -0.25) is 4.79 Å². The molecule has 0 saturated heterocycles. The van der Waals surface area contributed by atoms with E-state index >= 15 is 0 Å². The molecule has 0 radical (unpaired) electrons. The largest absolute Gasteiger partial charge is 0.497 e. The average molecular weight is 363 g/mol. The number of ether oxygens (including phenoxy) is 2. The Labute approximate surface area is 154 Å². The van der Waals surface area contributed by atoms with E-state index in [1.54, 1.807) is 38.5 Å². The number of benzene rings is 2. The number of hydrogen-bond acceptors (Lipinski definition) is 6. The van der Waals surface area contributed by atoms with Gasteiger partial charge in [-0.05, 0) is 42.1 Å². The maximum atomic E-state index is 12.5. The van der Waals surface area contributed by atoms with Crippen molar-refractivity contribution >= 4 is 10.9 Å². The molecule has 1 N–H and O–H groups in total. The Morgan fingerprint density at radius 1 is 1.00 bits per heavy atom. The van der Waals surface area contributed by atoms with E-state index in [1.165, 1.54) is 0 Å². The van der Waals surface area contributed by atoms with Crippen molar-refractivity contribution in [1.29, 1.82) is 0 Å². The molecule has 2 heterocycles. The van der Waals surface area contributed by atoms with Crippen LogP contribution < -0.4 is 15.0 Å². The number of nitrogens with zero attached hydrogens (tertiary/aromatic N) is 2. The number of pyridine rings is 1. The summed E-state index contributed by atoms with van der Waals surface area (Å²) in [7, 11) is 3.13. The summed E-state index contributed by atoms with van der Waals surface area (Å²) in [5.74, 6) is 1.69. The highest BCUT2D eigenvalue weighted by Gasteiger charge is 2.16. The summed E-state index contributed by atoms with van der Waals surface area (Å²) in [6, 6.07) is 12.9. The molecule has 0 unspecified atom stereocenters. The lowest BCUT2D eigenvalue weighted by atomic mass is 10.1. The normalized spacial score (nSPS) is 10.9. The first kappa shape index (κ1) is 16.8. The van der Waals surface area contributed by atoms with Crippen LogP contribution in [0.25, 0.3) is 33.7 Å². The number of H-pyrrole nitrogens is 1. The number of nitrogens with one attached hydrogen (secondary N) is 1. The smallest absolute Gasteiger partial charge is 0.259 e. The molecule has 0 spiro atoms. The van der Waals surface area contributed by atoms with Crippen molar-refractivity contribution in [3.8, 4) is 34.3 Å². The molecule has 4 rings (SSSR count). The fourth-order valence-electron chi connectivity index (χ4n) is 2.86. The van der Waals surface area contributed by atoms with E-state index in [9.17, 15) is 4.79 Å². The van der Waals surface area contributed by atoms with Crippen LogP contribution in [0.2, 0.25) is 0 Å². The molecule has 0 amide bonds. The Morgan fingerprint density at radius 2 is 1.74 bits per heavy atom. The summed E-state index contributed by atoms with van der Waals surface area (Å²) in [5.41, 5.74) is 2.54. The van der Waals surface area contributed by atoms with Gasteiger partial charge in [0, 0.05) is 17.1 Å². The zero-order valence-electron chi connectivity index (χ0n) is 15.1. The lowest BCUT2D eigenvalue weighted by Gasteiger charge is -2.05. The van der Waals surface area contributed by atoms with Crippen molar-refractivity contribution in [2.24, 2.45) is 0 Å². The fourth-order valence-corrected chi connectivity index (χ4v) is 2.86. The van der Waals surface area contributed by atoms with Gasteiger partial charge in [0.05, 0.1) is 19.8 Å². The first-order chi connectivity index (χ1) is 13.1. The minimum Gasteiger partial charge on any atom is -0.497 e. The van der Waals surface area contributed by atoms with E-state index in [4.69, 9.17) is 14.0 Å². The van der Waals surface area contributed by atoms with Crippen LogP contribution in [0.5, 0.6) is 11.5 Å². The fraction of sp³-hybridized carbons (Fsp3) is 0.150. The third-order valence-electron chi connectivity index (χ3n) is 4.27. The van der Waals surface area contributed by atoms with Gasteiger partial charge >= 0.3 is 0 Å². The summed E-state index contributed by atoms with van der Waals surface area (Å²) in [4.78, 5) is 19.7. The van der Waals surface area contributed by atoms with Crippen LogP contribution in [0.3, 0.4) is 0 Å². The molecule has 0 aliphatic heterocycles. The lowest BCUT2D eigenvalue weighted by Crippen LogP contribution is -2.09. The van der Waals surface area contributed by atoms with Crippen molar-refractivity contribution in [2.75, 3.05) is 14.2 Å². The van der Waals surface area contributed by atoms with Crippen molar-refractivity contribution in [3.05, 3.63) is 58.4 Å². The van der Waals surface area contributed by atoms with Gasteiger partial charge in [0.15, 0.2) is 0 Å². The molecule has 0 aliphatic rings. The number of aromatic nitrogens is 3. The van der Waals surface area contributed by atoms with Crippen LogP contribution in [-0.4, -0.2) is 29.3 Å². The van der Waals surface area contributed by atoms with Crippen molar-refractivity contribution in [2.45, 2.75) is 6.92 Å². The number of methoxy groups -OCH3 is 2. The molecule has 0 atom stereocenters. The molecule has 136 valence electrons. The predicted molar refractivity (Wildman–Crippen MR) is 101 cm³/mol. The Morgan fingerprint density at radius 3 is 2.44 bits per heavy atom. The molecule has 2 aromatic heterocycles. The van der Waals surface area contributed by atoms with Gasteiger partial charge in [-0.2, -0.15) is 4.98 Å². The third kappa shape index (κ3) is 3.15. The van der Waals surface area contributed by atoms with Gasteiger partial charge in [-0.15, -0.1) is 0 Å². The molecular weight excluding hydrogens is 346 g/mol. The number of rotatable bonds is 4. The summed E-state index contributed by atoms with van der Waals surface area (Å²) >= 11 is 0. The number of aryl methyl sites for hydroxylation is 1. The van der Waals surface area contributed by atoms with E-state index < -0.39 is 0 Å². The zero-order chi connectivity index (χ0) is 19.0. The minimum absolute atomic E-state index is 0.218. The van der Waals surface area contributed by atoms with Gasteiger partial charge in [0.25, 0.3) is 11.4 Å². The van der Waals surface area contributed by atoms with E-state index in [0.717, 1.165) is 16.5 Å². The number of hydrogen-bond donors (Lipinski definition) is 1. The summed E-state index contributed by atoms with van der Waals surface area (Å²) < 4.78 is 15.9. The summed E-state index contributed by atoms with van der Waals surface area (Å²) in [5, 5.41) is 4.86. The molecule has 0 saturated carbocycles. The Kier molecular flexibility index (Phi) is 4.12. The Hall–Kier alpha value is -3.61. The molecule has 7 heteroatoms. The van der Waals surface area contributed by atoms with Crippen LogP contribution in [0.4, 0.5) is 0 Å². The van der Waals surface area contributed by atoms with E-state index in [-0.39, 0.29) is 17.3 Å². The molecule has 2 aromatic carbocycles. The SMILES string of the molecule is COc1cc(OC)cc(-c2nc(-c3cc4ccc(C)cc4[nH]c3=O)no2)c1. The zero-order valence-corrected chi connectivity index (χ0v) is 15.1. The highest BCUT2D eigenvalue weighted by molar-refractivity contribution is 5.83. The van der Waals surface area contributed by atoms with E-state index in [0.29, 0.717) is 22.6 Å². The molecule has 0 fully saturated rings. The quantitative estimate of drug-likeness (QED) is 0.596. The standard InChI is InChI=1S/C20H17N3O4/c1-11-4-5-12-9-16(19(24)21-17(12)6-11)18-22-20(27-23-18)13-7-14(25-2)10-15(8-13)26-3/h4-10H,1-3H3,(H,21,24). The molecule has 27 heavy (non-hydrogen) atoms. The second-order valence-electron chi connectivity index (χ2n) is 6.13. The van der Waals surface area contributed by atoms with Crippen LogP contribution in [0, 0.1) is 6.92 Å². The Bertz CT molecular complexity index is 1170. The highest BCUT2D eigenvalue weighted by Crippen LogP contribution is 2.30. The van der Waals surface area contributed by atoms with Crippen molar-refractivity contribution < 1.29 is 14.0 Å². The van der Waals surface area contributed by atoms with Gasteiger partial charge < -0.3 is 19.0 Å². The van der Waals surface area contributed by atoms with Crippen LogP contribution in [0.1, 0.15) is 5.56 Å². The molecule has 7 nitrogen and oxygen atoms in total. The number of aromatic amines is 1. The van der Waals surface area contributed by atoms with Crippen LogP contribution in [-0.2, 0) is 0 Å². The monoisotopic (exact) mass is 363 g/mol. The lowest BCUT2D eigenvalue weighted by molar-refractivity contribution is 0.393. The summed E-state index contributed by atoms with van der Waals surface area (Å²) in [6.07, 6.45) is 0. The van der Waals surface area contributed by atoms with E-state index in [1.807, 2.05) is 25.1 Å². The van der Waals surface area contributed by atoms with E-state index in [2.05, 4.69) is 15.1 Å². The number of fused-ring (bicyclic) bond motifs is 1. The van der Waals surface area contributed by atoms with Crippen molar-refractivity contribution in [3.63, 3.8) is 0 Å². The third-order valence-corrected chi connectivity index (χ3v) is 4.27. The maximum Gasteiger partial charge on any atom is 0.259 e. The highest BCUT2D eigenvalue weighted by atomic mass is 16.5. The topological polar surface area (TPSA) is 90.2 Å². The molecular formula is C20H17N3O4. The maximum absolute atomic E-state index is 12.5. The molecule has 4 aromatic rings. The van der Waals surface area contributed by atoms with Crippen LogP contribution >= 0.6 is 0 Å². The van der Waals surface area contributed by atoms with Gasteiger partial charge in [0.2, 0.25) is 5.82 Å². The second kappa shape index (κ2) is 6.60.